The molecule has 3 rings (SSSR count). The summed E-state index contributed by atoms with van der Waals surface area (Å²) in [6.45, 7) is 7.54. The van der Waals surface area contributed by atoms with Gasteiger partial charge >= 0.3 is 5.97 Å². The van der Waals surface area contributed by atoms with Crippen molar-refractivity contribution in [2.45, 2.75) is 39.7 Å². The van der Waals surface area contributed by atoms with Crippen molar-refractivity contribution in [3.8, 4) is 11.5 Å². The van der Waals surface area contributed by atoms with Crippen LogP contribution in [0, 0.1) is 5.82 Å². The van der Waals surface area contributed by atoms with Crippen molar-refractivity contribution in [2.24, 2.45) is 0 Å². The van der Waals surface area contributed by atoms with Crippen LogP contribution in [0.3, 0.4) is 0 Å². The number of carbonyl (C=O) groups is 2. The number of nitrogens with one attached hydrogen (secondary N) is 1. The molecule has 7 nitrogen and oxygen atoms in total. The molecule has 2 aromatic carbocycles. The Kier molecular flexibility index (Phi) is 8.65. The lowest BCUT2D eigenvalue weighted by Crippen LogP contribution is -2.41. The Hall–Kier alpha value is -3.13. The number of hydrogen-bond acceptors (Lipinski definition) is 6. The number of ether oxygens (including phenoxy) is 3. The average Bonchev–Trinajstić information content (AvgIpc) is 2.78. The number of carbonyl (C=O) groups excluding carboxylic acids is 2. The first-order valence-electron chi connectivity index (χ1n) is 11.3. The van der Waals surface area contributed by atoms with Gasteiger partial charge in [-0.2, -0.15) is 0 Å². The number of fused-ring (bicyclic) bond motifs is 1. The Bertz CT molecular complexity index is 964. The number of hydrogen-bond donors (Lipinski definition) is 1. The molecule has 1 aliphatic rings. The summed E-state index contributed by atoms with van der Waals surface area (Å²) in [7, 11) is 0. The number of esters is 1. The van der Waals surface area contributed by atoms with E-state index in [1.807, 2.05) is 30.9 Å². The van der Waals surface area contributed by atoms with Crippen molar-refractivity contribution >= 4 is 17.6 Å². The molecule has 33 heavy (non-hydrogen) atoms. The van der Waals surface area contributed by atoms with Gasteiger partial charge in [0.2, 0.25) is 5.91 Å². The number of nitrogens with zero attached hydrogens (tertiary/aromatic N) is 1. The van der Waals surface area contributed by atoms with Crippen LogP contribution >= 0.6 is 0 Å². The summed E-state index contributed by atoms with van der Waals surface area (Å²) in [6, 6.07) is 9.15. The molecular weight excluding hydrogens is 427 g/mol. The van der Waals surface area contributed by atoms with Crippen LogP contribution in [0.25, 0.3) is 0 Å². The zero-order valence-corrected chi connectivity index (χ0v) is 19.4. The zero-order valence-electron chi connectivity index (χ0n) is 19.4. The number of halogens is 1. The summed E-state index contributed by atoms with van der Waals surface area (Å²) in [5.41, 5.74) is 2.50. The van der Waals surface area contributed by atoms with Crippen molar-refractivity contribution in [3.05, 3.63) is 53.3 Å². The second kappa shape index (κ2) is 11.7. The third-order valence-electron chi connectivity index (χ3n) is 5.41. The first-order valence-corrected chi connectivity index (χ1v) is 11.3. The summed E-state index contributed by atoms with van der Waals surface area (Å²) in [6.07, 6.45) is 0.815. The number of anilines is 1. The molecule has 2 aromatic rings. The summed E-state index contributed by atoms with van der Waals surface area (Å²) in [5.74, 6) is 0.354. The molecule has 1 N–H and O–H groups in total. The van der Waals surface area contributed by atoms with E-state index in [1.165, 1.54) is 24.3 Å². The van der Waals surface area contributed by atoms with E-state index >= 15 is 0 Å². The van der Waals surface area contributed by atoms with E-state index in [-0.39, 0.29) is 43.3 Å². The Labute approximate surface area is 193 Å². The fourth-order valence-electron chi connectivity index (χ4n) is 4.02. The van der Waals surface area contributed by atoms with E-state index in [0.29, 0.717) is 43.4 Å². The fraction of sp³-hybridized carbons (Fsp3) is 0.440. The van der Waals surface area contributed by atoms with Gasteiger partial charge in [0.1, 0.15) is 5.82 Å². The van der Waals surface area contributed by atoms with Crippen molar-refractivity contribution < 1.29 is 28.2 Å². The van der Waals surface area contributed by atoms with Gasteiger partial charge in [-0.25, -0.2) is 4.39 Å². The minimum absolute atomic E-state index is 0.0814. The van der Waals surface area contributed by atoms with E-state index in [2.05, 4.69) is 5.32 Å². The Balaban J connectivity index is 1.86. The predicted molar refractivity (Wildman–Crippen MR) is 123 cm³/mol. The highest BCUT2D eigenvalue weighted by Crippen LogP contribution is 2.40. The molecule has 8 heteroatoms. The minimum Gasteiger partial charge on any atom is -0.490 e. The second-order valence-corrected chi connectivity index (χ2v) is 7.66. The van der Waals surface area contributed by atoms with Crippen LogP contribution in [-0.2, 0) is 20.7 Å². The highest BCUT2D eigenvalue weighted by atomic mass is 19.1. The third-order valence-corrected chi connectivity index (χ3v) is 5.41. The van der Waals surface area contributed by atoms with Crippen LogP contribution in [0.4, 0.5) is 10.1 Å². The van der Waals surface area contributed by atoms with Crippen LogP contribution in [0.5, 0.6) is 11.5 Å². The van der Waals surface area contributed by atoms with Gasteiger partial charge in [-0.15, -0.1) is 0 Å². The minimum atomic E-state index is -0.369. The van der Waals surface area contributed by atoms with Crippen LogP contribution in [0.2, 0.25) is 0 Å². The van der Waals surface area contributed by atoms with Gasteiger partial charge in [0.05, 0.1) is 32.8 Å². The molecule has 0 saturated heterocycles. The largest absolute Gasteiger partial charge is 0.490 e. The lowest BCUT2D eigenvalue weighted by atomic mass is 9.90. The molecule has 1 unspecified atom stereocenters. The third kappa shape index (κ3) is 6.44. The van der Waals surface area contributed by atoms with Crippen molar-refractivity contribution in [2.75, 3.05) is 38.2 Å². The van der Waals surface area contributed by atoms with Gasteiger partial charge in [0.15, 0.2) is 11.5 Å². The first-order chi connectivity index (χ1) is 15.9. The van der Waals surface area contributed by atoms with Gasteiger partial charge in [-0.1, -0.05) is 0 Å². The molecule has 0 radical (unpaired) electrons. The molecule has 0 saturated carbocycles. The predicted octanol–water partition coefficient (Wildman–Crippen LogP) is 4.11. The number of amides is 1. The number of benzene rings is 2. The molecular formula is C25H31FN2O5. The molecule has 0 aromatic heterocycles. The molecule has 0 fully saturated rings. The molecule has 0 aliphatic carbocycles. The average molecular weight is 459 g/mol. The highest BCUT2D eigenvalue weighted by Gasteiger charge is 2.32. The Morgan fingerprint density at radius 1 is 1.03 bits per heavy atom. The van der Waals surface area contributed by atoms with Crippen molar-refractivity contribution in [3.63, 3.8) is 0 Å². The summed E-state index contributed by atoms with van der Waals surface area (Å²) in [5, 5.41) is 2.79. The van der Waals surface area contributed by atoms with Crippen LogP contribution in [0.1, 0.15) is 44.4 Å². The summed E-state index contributed by atoms with van der Waals surface area (Å²) in [4.78, 5) is 27.1. The molecule has 0 bridgehead atoms. The topological polar surface area (TPSA) is 77.1 Å². The SMILES string of the molecule is CCOC(=O)CC1c2cc(OCC)c(OCC)cc2CCN1CC(=O)Nc1ccc(F)cc1. The van der Waals surface area contributed by atoms with Crippen LogP contribution < -0.4 is 14.8 Å². The summed E-state index contributed by atoms with van der Waals surface area (Å²) >= 11 is 0. The Morgan fingerprint density at radius 2 is 1.70 bits per heavy atom. The van der Waals surface area contributed by atoms with Gasteiger partial charge in [-0.05, 0) is 74.7 Å². The molecule has 1 atom stereocenters. The standard InChI is InChI=1S/C25H31FN2O5/c1-4-31-22-13-17-11-12-28(16-24(29)27-19-9-7-18(26)8-10-19)21(15-25(30)33-6-3)20(17)14-23(22)32-5-2/h7-10,13-14,21H,4-6,11-12,15-16H2,1-3H3,(H,27,29). The highest BCUT2D eigenvalue weighted by molar-refractivity contribution is 5.92. The van der Waals surface area contributed by atoms with Crippen LogP contribution in [0.15, 0.2) is 36.4 Å². The lowest BCUT2D eigenvalue weighted by molar-refractivity contribution is -0.145. The van der Waals surface area contributed by atoms with Gasteiger partial charge in [0, 0.05) is 18.3 Å². The number of rotatable bonds is 10. The van der Waals surface area contributed by atoms with Gasteiger partial charge < -0.3 is 19.5 Å². The molecule has 1 aliphatic heterocycles. The normalized spacial score (nSPS) is 15.5. The molecule has 1 heterocycles. The Morgan fingerprint density at radius 3 is 2.33 bits per heavy atom. The second-order valence-electron chi connectivity index (χ2n) is 7.66. The maximum absolute atomic E-state index is 13.2. The van der Waals surface area contributed by atoms with Gasteiger partial charge in [-0.3, -0.25) is 14.5 Å². The maximum Gasteiger partial charge on any atom is 0.307 e. The maximum atomic E-state index is 13.2. The first kappa shape index (κ1) is 24.5. The van der Waals surface area contributed by atoms with E-state index in [4.69, 9.17) is 14.2 Å². The van der Waals surface area contributed by atoms with E-state index < -0.39 is 0 Å². The zero-order chi connectivity index (χ0) is 23.8. The van der Waals surface area contributed by atoms with E-state index in [0.717, 1.165) is 11.1 Å². The van der Waals surface area contributed by atoms with E-state index in [9.17, 15) is 14.0 Å². The fourth-order valence-corrected chi connectivity index (χ4v) is 4.02. The van der Waals surface area contributed by atoms with Crippen molar-refractivity contribution in [1.82, 2.24) is 4.90 Å². The quantitative estimate of drug-likeness (QED) is 0.540. The summed E-state index contributed by atoms with van der Waals surface area (Å²) < 4.78 is 29.9. The van der Waals surface area contributed by atoms with Gasteiger partial charge in [0.25, 0.3) is 0 Å². The molecule has 178 valence electrons. The van der Waals surface area contributed by atoms with Crippen molar-refractivity contribution in [1.29, 1.82) is 0 Å². The molecule has 1 amide bonds. The van der Waals surface area contributed by atoms with Crippen LogP contribution in [-0.4, -0.2) is 49.7 Å². The van der Waals surface area contributed by atoms with E-state index in [1.54, 1.807) is 6.92 Å². The monoisotopic (exact) mass is 458 g/mol. The molecule has 0 spiro atoms. The smallest absolute Gasteiger partial charge is 0.307 e. The lowest BCUT2D eigenvalue weighted by Gasteiger charge is -2.37.